The Hall–Kier alpha value is -3.68. The van der Waals surface area contributed by atoms with Crippen molar-refractivity contribution in [2.45, 2.75) is 39.0 Å². The molecule has 2 N–H and O–H groups in total. The monoisotopic (exact) mass is 448 g/mol. The number of nitrogens with one attached hydrogen (secondary N) is 1. The van der Waals surface area contributed by atoms with Crippen LogP contribution in [0.1, 0.15) is 54.9 Å². The number of urea groups is 1. The van der Waals surface area contributed by atoms with Crippen LogP contribution in [-0.2, 0) is 4.79 Å². The van der Waals surface area contributed by atoms with Crippen LogP contribution in [0.2, 0.25) is 0 Å². The normalized spacial score (nSPS) is 16.6. The summed E-state index contributed by atoms with van der Waals surface area (Å²) in [6, 6.07) is 13.4. The van der Waals surface area contributed by atoms with Crippen LogP contribution < -0.4 is 10.2 Å². The number of carbonyl (C=O) groups excluding carboxylic acids is 2. The zero-order valence-corrected chi connectivity index (χ0v) is 18.7. The average Bonchev–Trinajstić information content (AvgIpc) is 2.94. The number of fused-ring (bicyclic) bond motifs is 1. The van der Waals surface area contributed by atoms with Crippen LogP contribution in [0.25, 0.3) is 0 Å². The van der Waals surface area contributed by atoms with Gasteiger partial charge in [-0.1, -0.05) is 43.5 Å². The van der Waals surface area contributed by atoms with E-state index in [1.54, 1.807) is 17.0 Å². The predicted molar refractivity (Wildman–Crippen MR) is 127 cm³/mol. The molecular weight excluding hydrogens is 420 g/mol. The van der Waals surface area contributed by atoms with Crippen molar-refractivity contribution in [3.8, 4) is 0 Å². The van der Waals surface area contributed by atoms with E-state index in [1.807, 2.05) is 31.2 Å². The second-order valence-corrected chi connectivity index (χ2v) is 8.36. The maximum atomic E-state index is 13.4. The summed E-state index contributed by atoms with van der Waals surface area (Å²) in [5.74, 6) is -1.28. The smallest absolute Gasteiger partial charge is 0.345 e. The number of carboxylic acid groups (broad SMARTS) is 1. The standard InChI is InChI=1S/C25H28N4O4/c1-2-28-21-14-7-6-13-20(21)23(17-9-4-3-5-10-17)27-29(25(28)33)16-22(30)26-19-12-8-11-18(15-19)24(31)32/h6-8,11-15,17H,2-5,9-10,16H2,1H3,(H,26,30)(H,31,32). The molecule has 2 aliphatic rings. The minimum absolute atomic E-state index is 0.0730. The summed E-state index contributed by atoms with van der Waals surface area (Å²) < 4.78 is 0. The van der Waals surface area contributed by atoms with Crippen LogP contribution in [0.4, 0.5) is 16.2 Å². The average molecular weight is 449 g/mol. The Kier molecular flexibility index (Phi) is 6.72. The first-order valence-corrected chi connectivity index (χ1v) is 11.4. The van der Waals surface area contributed by atoms with Gasteiger partial charge in [-0.2, -0.15) is 5.10 Å². The number of amides is 3. The molecule has 172 valence electrons. The fourth-order valence-electron chi connectivity index (χ4n) is 4.55. The van der Waals surface area contributed by atoms with Crippen LogP contribution in [0, 0.1) is 5.92 Å². The Morgan fingerprint density at radius 1 is 1.09 bits per heavy atom. The van der Waals surface area contributed by atoms with Crippen molar-refractivity contribution in [1.82, 2.24) is 5.01 Å². The van der Waals surface area contributed by atoms with E-state index in [4.69, 9.17) is 5.10 Å². The third-order valence-corrected chi connectivity index (χ3v) is 6.15. The number of carbonyl (C=O) groups is 3. The first kappa shape index (κ1) is 22.5. The Bertz CT molecular complexity index is 1090. The molecular formula is C25H28N4O4. The molecule has 2 aromatic rings. The fraction of sp³-hybridized carbons (Fsp3) is 0.360. The third kappa shape index (κ3) is 4.89. The van der Waals surface area contributed by atoms with Gasteiger partial charge in [-0.15, -0.1) is 0 Å². The third-order valence-electron chi connectivity index (χ3n) is 6.15. The molecule has 0 saturated heterocycles. The molecule has 0 bridgehead atoms. The molecule has 1 aliphatic heterocycles. The number of hydrogen-bond donors (Lipinski definition) is 2. The first-order chi connectivity index (χ1) is 16.0. The molecule has 0 aromatic heterocycles. The van der Waals surface area contributed by atoms with E-state index in [0.717, 1.165) is 42.6 Å². The molecule has 0 spiro atoms. The van der Waals surface area contributed by atoms with Crippen molar-refractivity contribution < 1.29 is 19.5 Å². The van der Waals surface area contributed by atoms with Crippen molar-refractivity contribution >= 4 is 35.0 Å². The largest absolute Gasteiger partial charge is 0.478 e. The molecule has 0 unspecified atom stereocenters. The maximum absolute atomic E-state index is 13.4. The van der Waals surface area contributed by atoms with Crippen LogP contribution in [0.5, 0.6) is 0 Å². The highest BCUT2D eigenvalue weighted by Gasteiger charge is 2.33. The maximum Gasteiger partial charge on any atom is 0.345 e. The fourth-order valence-corrected chi connectivity index (χ4v) is 4.55. The molecule has 2 aromatic carbocycles. The van der Waals surface area contributed by atoms with E-state index in [1.165, 1.54) is 23.6 Å². The van der Waals surface area contributed by atoms with Gasteiger partial charge in [0.15, 0.2) is 0 Å². The number of hydrazone groups is 1. The highest BCUT2D eigenvalue weighted by Crippen LogP contribution is 2.34. The molecule has 33 heavy (non-hydrogen) atoms. The number of carboxylic acids is 1. The SMILES string of the molecule is CCN1C(=O)N(CC(=O)Nc2cccc(C(=O)O)c2)N=C(C2CCCCC2)c2ccccc21. The van der Waals surface area contributed by atoms with Crippen LogP contribution >= 0.6 is 0 Å². The molecule has 8 heteroatoms. The highest BCUT2D eigenvalue weighted by atomic mass is 16.4. The van der Waals surface area contributed by atoms with E-state index < -0.39 is 11.9 Å². The van der Waals surface area contributed by atoms with E-state index in [2.05, 4.69) is 5.32 Å². The lowest BCUT2D eigenvalue weighted by Gasteiger charge is -2.25. The van der Waals surface area contributed by atoms with Gasteiger partial charge in [0.05, 0.1) is 17.0 Å². The zero-order valence-electron chi connectivity index (χ0n) is 18.7. The number of hydrogen-bond acceptors (Lipinski definition) is 4. The van der Waals surface area contributed by atoms with E-state index in [-0.39, 0.29) is 24.1 Å². The summed E-state index contributed by atoms with van der Waals surface area (Å²) in [6.45, 7) is 2.08. The van der Waals surface area contributed by atoms with Gasteiger partial charge in [-0.3, -0.25) is 9.69 Å². The molecule has 1 heterocycles. The summed E-state index contributed by atoms with van der Waals surface area (Å²) in [5, 5.41) is 17.9. The van der Waals surface area contributed by atoms with Crippen molar-refractivity contribution in [2.24, 2.45) is 11.0 Å². The summed E-state index contributed by atoms with van der Waals surface area (Å²) in [7, 11) is 0. The predicted octanol–water partition coefficient (Wildman–Crippen LogP) is 4.57. The van der Waals surface area contributed by atoms with Gasteiger partial charge in [0.2, 0.25) is 5.91 Å². The summed E-state index contributed by atoms with van der Waals surface area (Å²) in [4.78, 5) is 39.1. The lowest BCUT2D eigenvalue weighted by molar-refractivity contribution is -0.116. The van der Waals surface area contributed by atoms with Crippen molar-refractivity contribution in [1.29, 1.82) is 0 Å². The molecule has 3 amide bonds. The summed E-state index contributed by atoms with van der Waals surface area (Å²) in [6.07, 6.45) is 5.47. The lowest BCUT2D eigenvalue weighted by atomic mass is 9.83. The Morgan fingerprint density at radius 3 is 2.58 bits per heavy atom. The number of rotatable bonds is 6. The Balaban J connectivity index is 1.63. The summed E-state index contributed by atoms with van der Waals surface area (Å²) in [5.41, 5.74) is 3.04. The topological polar surface area (TPSA) is 102 Å². The quantitative estimate of drug-likeness (QED) is 0.676. The van der Waals surface area contributed by atoms with Crippen molar-refractivity contribution in [3.05, 3.63) is 59.7 Å². The van der Waals surface area contributed by atoms with Crippen LogP contribution in [0.3, 0.4) is 0 Å². The number of para-hydroxylation sites is 1. The van der Waals surface area contributed by atoms with Gasteiger partial charge >= 0.3 is 12.0 Å². The highest BCUT2D eigenvalue weighted by molar-refractivity contribution is 6.12. The zero-order chi connectivity index (χ0) is 23.4. The number of anilines is 2. The van der Waals surface area contributed by atoms with E-state index >= 15 is 0 Å². The molecule has 0 atom stereocenters. The second-order valence-electron chi connectivity index (χ2n) is 8.36. The molecule has 0 radical (unpaired) electrons. The molecule has 8 nitrogen and oxygen atoms in total. The summed E-state index contributed by atoms with van der Waals surface area (Å²) >= 11 is 0. The Morgan fingerprint density at radius 2 is 1.85 bits per heavy atom. The number of nitrogens with zero attached hydrogens (tertiary/aromatic N) is 3. The van der Waals surface area contributed by atoms with Crippen LogP contribution in [0.15, 0.2) is 53.6 Å². The van der Waals surface area contributed by atoms with E-state index in [0.29, 0.717) is 12.2 Å². The first-order valence-electron chi connectivity index (χ1n) is 11.4. The van der Waals surface area contributed by atoms with Crippen LogP contribution in [-0.4, -0.2) is 46.8 Å². The number of benzene rings is 2. The molecule has 1 saturated carbocycles. The molecule has 4 rings (SSSR count). The van der Waals surface area contributed by atoms with Gasteiger partial charge in [0.1, 0.15) is 6.54 Å². The second kappa shape index (κ2) is 9.85. The van der Waals surface area contributed by atoms with Gasteiger partial charge in [-0.05, 0) is 44.0 Å². The van der Waals surface area contributed by atoms with Gasteiger partial charge in [0, 0.05) is 23.7 Å². The van der Waals surface area contributed by atoms with E-state index in [9.17, 15) is 19.5 Å². The Labute approximate surface area is 192 Å². The minimum Gasteiger partial charge on any atom is -0.478 e. The van der Waals surface area contributed by atoms with Gasteiger partial charge < -0.3 is 10.4 Å². The molecule has 1 fully saturated rings. The number of aromatic carboxylic acids is 1. The van der Waals surface area contributed by atoms with Gasteiger partial charge in [-0.25, -0.2) is 14.6 Å². The minimum atomic E-state index is -1.08. The molecule has 1 aliphatic carbocycles. The van der Waals surface area contributed by atoms with Crippen molar-refractivity contribution in [2.75, 3.05) is 23.3 Å². The van der Waals surface area contributed by atoms with Gasteiger partial charge in [0.25, 0.3) is 0 Å². The van der Waals surface area contributed by atoms with Crippen molar-refractivity contribution in [3.63, 3.8) is 0 Å². The lowest BCUT2D eigenvalue weighted by Crippen LogP contribution is -2.43.